The number of hydrogen-bond donors (Lipinski definition) is 2. The lowest BCUT2D eigenvalue weighted by Crippen LogP contribution is -2.36. The smallest absolute Gasteiger partial charge is 0.303 e. The highest BCUT2D eigenvalue weighted by Crippen LogP contribution is 1.99. The molecule has 1 amide bonds. The van der Waals surface area contributed by atoms with Gasteiger partial charge in [-0.15, -0.1) is 11.6 Å². The summed E-state index contributed by atoms with van der Waals surface area (Å²) in [6.45, 7) is 3.77. The minimum Gasteiger partial charge on any atom is -0.481 e. The summed E-state index contributed by atoms with van der Waals surface area (Å²) >= 11 is 0. The van der Waals surface area contributed by atoms with Crippen LogP contribution in [0, 0.1) is 0 Å². The highest BCUT2D eigenvalue weighted by molar-refractivity contribution is 5.86. The van der Waals surface area contributed by atoms with Crippen molar-refractivity contribution >= 4 is 18.0 Å². The van der Waals surface area contributed by atoms with E-state index < -0.39 is 17.9 Å². The predicted octanol–water partition coefficient (Wildman–Crippen LogP) is -0.142. The van der Waals surface area contributed by atoms with Gasteiger partial charge in [-0.05, 0) is 6.42 Å². The number of carbonyl (C=O) groups excluding carboxylic acids is 2. The normalized spacial score (nSPS) is 11.2. The Morgan fingerprint density at radius 1 is 1.60 bits per heavy atom. The van der Waals surface area contributed by atoms with Crippen LogP contribution in [0.25, 0.3) is 0 Å². The fraction of sp³-hybridized carbons (Fsp3) is 0.444. The number of aliphatic carboxylic acids is 1. The van der Waals surface area contributed by atoms with Crippen molar-refractivity contribution in [1.82, 2.24) is 5.32 Å². The zero-order valence-corrected chi connectivity index (χ0v) is 8.10. The van der Waals surface area contributed by atoms with E-state index in [1.165, 1.54) is 6.08 Å². The SMILES string of the molecule is C=CCN[C@@H](CCC(=O)O)C(=O)N=C=O. The lowest BCUT2D eigenvalue weighted by atomic mass is 10.1. The molecule has 15 heavy (non-hydrogen) atoms. The van der Waals surface area contributed by atoms with E-state index in [0.29, 0.717) is 6.54 Å². The summed E-state index contributed by atoms with van der Waals surface area (Å²) in [5.41, 5.74) is 0. The van der Waals surface area contributed by atoms with Gasteiger partial charge in [-0.3, -0.25) is 9.59 Å². The van der Waals surface area contributed by atoms with E-state index >= 15 is 0 Å². The Balaban J connectivity index is 4.28. The number of nitrogens with one attached hydrogen (secondary N) is 1. The molecule has 0 aliphatic heterocycles. The van der Waals surface area contributed by atoms with Crippen LogP contribution < -0.4 is 5.32 Å². The van der Waals surface area contributed by atoms with Crippen molar-refractivity contribution in [3.05, 3.63) is 12.7 Å². The summed E-state index contributed by atoms with van der Waals surface area (Å²) in [6.07, 6.45) is 2.55. The van der Waals surface area contributed by atoms with E-state index in [1.807, 2.05) is 0 Å². The molecule has 0 radical (unpaired) electrons. The summed E-state index contributed by atoms with van der Waals surface area (Å²) in [7, 11) is 0. The van der Waals surface area contributed by atoms with Gasteiger partial charge in [0, 0.05) is 13.0 Å². The highest BCUT2D eigenvalue weighted by Gasteiger charge is 2.17. The van der Waals surface area contributed by atoms with Crippen molar-refractivity contribution in [2.75, 3.05) is 6.54 Å². The van der Waals surface area contributed by atoms with E-state index in [4.69, 9.17) is 5.11 Å². The number of nitrogens with zero attached hydrogens (tertiary/aromatic N) is 1. The molecular weight excluding hydrogens is 200 g/mol. The third kappa shape index (κ3) is 6.31. The first-order valence-electron chi connectivity index (χ1n) is 4.29. The van der Waals surface area contributed by atoms with Crippen LogP contribution in [0.1, 0.15) is 12.8 Å². The van der Waals surface area contributed by atoms with Crippen molar-refractivity contribution < 1.29 is 19.5 Å². The Morgan fingerprint density at radius 2 is 2.27 bits per heavy atom. The zero-order chi connectivity index (χ0) is 11.7. The average Bonchev–Trinajstić information content (AvgIpc) is 2.17. The molecule has 82 valence electrons. The molecule has 6 nitrogen and oxygen atoms in total. The number of amides is 1. The summed E-state index contributed by atoms with van der Waals surface area (Å²) < 4.78 is 0. The lowest BCUT2D eigenvalue weighted by Gasteiger charge is -2.11. The number of rotatable bonds is 7. The molecule has 0 unspecified atom stereocenters. The van der Waals surface area contributed by atoms with E-state index in [9.17, 15) is 14.4 Å². The summed E-state index contributed by atoms with van der Waals surface area (Å²) in [5, 5.41) is 11.1. The molecule has 0 spiro atoms. The van der Waals surface area contributed by atoms with Crippen LogP contribution in [0.3, 0.4) is 0 Å². The first-order chi connectivity index (χ1) is 7.11. The summed E-state index contributed by atoms with van der Waals surface area (Å²) in [4.78, 5) is 34.2. The largest absolute Gasteiger partial charge is 0.481 e. The maximum atomic E-state index is 11.1. The molecule has 0 fully saturated rings. The molecule has 0 aliphatic carbocycles. The van der Waals surface area contributed by atoms with Crippen LogP contribution in [0.15, 0.2) is 17.6 Å². The molecule has 0 aliphatic rings. The Hall–Kier alpha value is -1.78. The van der Waals surface area contributed by atoms with Gasteiger partial charge in [0.1, 0.15) is 0 Å². The van der Waals surface area contributed by atoms with Crippen LogP contribution in [0.4, 0.5) is 0 Å². The third-order valence-electron chi connectivity index (χ3n) is 1.61. The molecule has 6 heteroatoms. The molecule has 1 atom stereocenters. The predicted molar refractivity (Wildman–Crippen MR) is 52.0 cm³/mol. The van der Waals surface area contributed by atoms with Gasteiger partial charge in [-0.25, -0.2) is 4.79 Å². The monoisotopic (exact) mass is 212 g/mol. The zero-order valence-electron chi connectivity index (χ0n) is 8.10. The number of hydrogen-bond acceptors (Lipinski definition) is 4. The molecule has 0 aromatic carbocycles. The molecule has 2 N–H and O–H groups in total. The van der Waals surface area contributed by atoms with Crippen LogP contribution in [-0.2, 0) is 14.4 Å². The first-order valence-corrected chi connectivity index (χ1v) is 4.29. The van der Waals surface area contributed by atoms with Crippen molar-refractivity contribution in [1.29, 1.82) is 0 Å². The molecule has 0 rings (SSSR count). The lowest BCUT2D eigenvalue weighted by molar-refractivity contribution is -0.137. The Labute approximate surface area is 86.7 Å². The summed E-state index contributed by atoms with van der Waals surface area (Å²) in [5.74, 6) is -1.73. The van der Waals surface area contributed by atoms with Gasteiger partial charge < -0.3 is 10.4 Å². The summed E-state index contributed by atoms with van der Waals surface area (Å²) in [6, 6.07) is -0.777. The van der Waals surface area contributed by atoms with Crippen LogP contribution in [-0.4, -0.2) is 35.6 Å². The van der Waals surface area contributed by atoms with E-state index in [-0.39, 0.29) is 12.8 Å². The minimum absolute atomic E-state index is 0.0766. The number of isocyanates is 1. The average molecular weight is 212 g/mol. The van der Waals surface area contributed by atoms with Gasteiger partial charge in [0.25, 0.3) is 5.91 Å². The van der Waals surface area contributed by atoms with Crippen molar-refractivity contribution in [3.8, 4) is 0 Å². The highest BCUT2D eigenvalue weighted by atomic mass is 16.4. The number of carboxylic acids is 1. The van der Waals surface area contributed by atoms with Gasteiger partial charge in [0.2, 0.25) is 6.08 Å². The number of carbonyl (C=O) groups is 2. The third-order valence-corrected chi connectivity index (χ3v) is 1.61. The molecule has 0 saturated heterocycles. The van der Waals surface area contributed by atoms with E-state index in [1.54, 1.807) is 0 Å². The van der Waals surface area contributed by atoms with Crippen molar-refractivity contribution in [2.24, 2.45) is 4.99 Å². The first kappa shape index (κ1) is 13.2. The van der Waals surface area contributed by atoms with E-state index in [2.05, 4.69) is 16.9 Å². The Bertz CT molecular complexity index is 294. The van der Waals surface area contributed by atoms with Crippen LogP contribution in [0.2, 0.25) is 0 Å². The van der Waals surface area contributed by atoms with Gasteiger partial charge in [-0.1, -0.05) is 6.08 Å². The molecule has 0 saturated carbocycles. The van der Waals surface area contributed by atoms with E-state index in [0.717, 1.165) is 6.08 Å². The van der Waals surface area contributed by atoms with Gasteiger partial charge in [0.15, 0.2) is 0 Å². The standard InChI is InChI=1S/C9H12N2O4/c1-2-5-10-7(3-4-8(13)14)9(15)11-6-12/h2,7,10H,1,3-5H2,(H,13,14)/t7-/m0/s1. The molecule has 0 bridgehead atoms. The van der Waals surface area contributed by atoms with Crippen LogP contribution >= 0.6 is 0 Å². The molecule has 0 heterocycles. The van der Waals surface area contributed by atoms with Gasteiger partial charge in [0.05, 0.1) is 6.04 Å². The van der Waals surface area contributed by atoms with Gasteiger partial charge >= 0.3 is 5.97 Å². The fourth-order valence-corrected chi connectivity index (χ4v) is 0.929. The topological polar surface area (TPSA) is 95.8 Å². The molecule has 0 aromatic rings. The quantitative estimate of drug-likeness (QED) is 0.348. The number of carboxylic acid groups (broad SMARTS) is 1. The van der Waals surface area contributed by atoms with Gasteiger partial charge in [-0.2, -0.15) is 0 Å². The second-order valence-corrected chi connectivity index (χ2v) is 2.72. The van der Waals surface area contributed by atoms with Crippen molar-refractivity contribution in [3.63, 3.8) is 0 Å². The number of aliphatic imine (C=N–C) groups is 1. The second-order valence-electron chi connectivity index (χ2n) is 2.72. The Kier molecular flexibility index (Phi) is 6.70. The van der Waals surface area contributed by atoms with Crippen molar-refractivity contribution in [2.45, 2.75) is 18.9 Å². The molecular formula is C9H12N2O4. The fourth-order valence-electron chi connectivity index (χ4n) is 0.929. The van der Waals surface area contributed by atoms with Crippen LogP contribution in [0.5, 0.6) is 0 Å². The maximum Gasteiger partial charge on any atom is 0.303 e. The second kappa shape index (κ2) is 7.61. The minimum atomic E-state index is -1.01. The maximum absolute atomic E-state index is 11.1. The molecule has 0 aromatic heterocycles. The Morgan fingerprint density at radius 3 is 2.73 bits per heavy atom.